The molecule has 0 bridgehead atoms. The molecule has 58 heavy (non-hydrogen) atoms. The number of aromatic nitrogens is 1. The van der Waals surface area contributed by atoms with Crippen molar-refractivity contribution in [2.24, 2.45) is 0 Å². The predicted molar refractivity (Wildman–Crippen MR) is 218 cm³/mol. The molecule has 0 radical (unpaired) electrons. The normalized spacial score (nSPS) is 17.0. The molecule has 1 atom stereocenters. The van der Waals surface area contributed by atoms with Crippen molar-refractivity contribution >= 4 is 91.5 Å². The van der Waals surface area contributed by atoms with E-state index in [-0.39, 0.29) is 56.0 Å². The van der Waals surface area contributed by atoms with Gasteiger partial charge in [-0.25, -0.2) is 8.42 Å². The van der Waals surface area contributed by atoms with Gasteiger partial charge in [0, 0.05) is 63.4 Å². The first kappa shape index (κ1) is 40.4. The fourth-order valence-corrected chi connectivity index (χ4v) is 9.57. The van der Waals surface area contributed by atoms with Crippen LogP contribution in [0.25, 0.3) is 11.6 Å². The molecule has 14 nitrogen and oxygen atoms in total. The van der Waals surface area contributed by atoms with Gasteiger partial charge in [0.15, 0.2) is 9.84 Å². The number of sulfone groups is 1. The number of imide groups is 2. The third kappa shape index (κ3) is 7.76. The Balaban J connectivity index is 0.941. The molecule has 1 unspecified atom stereocenters. The van der Waals surface area contributed by atoms with Crippen molar-refractivity contribution in [1.29, 1.82) is 0 Å². The number of fused-ring (bicyclic) bond motifs is 2. The molecule has 4 heterocycles. The molecule has 7 rings (SSSR count). The van der Waals surface area contributed by atoms with Crippen LogP contribution in [0.4, 0.5) is 11.4 Å². The van der Waals surface area contributed by atoms with Crippen molar-refractivity contribution < 1.29 is 37.2 Å². The second-order valence-corrected chi connectivity index (χ2v) is 17.1. The Kier molecular flexibility index (Phi) is 11.3. The van der Waals surface area contributed by atoms with Gasteiger partial charge in [-0.15, -0.1) is 0 Å². The molecule has 0 spiro atoms. The van der Waals surface area contributed by atoms with Gasteiger partial charge in [0.1, 0.15) is 6.04 Å². The zero-order valence-electron chi connectivity index (χ0n) is 31.4. The molecule has 1 saturated heterocycles. The Bertz CT molecular complexity index is 2560. The number of aromatic amines is 1. The fraction of sp³-hybridized carbons (Fsp3) is 0.268. The van der Waals surface area contributed by atoms with Crippen LogP contribution < -0.4 is 21.3 Å². The van der Waals surface area contributed by atoms with Gasteiger partial charge in [-0.1, -0.05) is 35.3 Å². The standard InChI is InChI=1S/C41H38Cl2N6O8S/c1-21-32(19-26-25-18-23(12-13-30(25)47-37(26)51)58(56,57)20-27-28(42)9-7-10-29(27)43)46-22(2)35(21)39(53)45-17-5-3-4-16-44-31-11-6-8-24-36(31)41(55)49(40(24)54)33-14-15-34(50)48-38(33)52/h6-13,18-19,33,44,46H,3-5,14-17,20H2,1-2H3,(H,45,53)(H,47,51)(H,48,50,52). The number of H-pyrrole nitrogens is 1. The third-order valence-corrected chi connectivity index (χ3v) is 12.8. The zero-order valence-corrected chi connectivity index (χ0v) is 33.7. The highest BCUT2D eigenvalue weighted by atomic mass is 35.5. The quantitative estimate of drug-likeness (QED) is 0.0625. The molecule has 1 fully saturated rings. The number of rotatable bonds is 13. The minimum Gasteiger partial charge on any atom is -0.384 e. The van der Waals surface area contributed by atoms with Crippen molar-refractivity contribution in [2.45, 2.75) is 62.6 Å². The van der Waals surface area contributed by atoms with E-state index in [1.807, 2.05) is 0 Å². The van der Waals surface area contributed by atoms with Crippen LogP contribution in [0.15, 0.2) is 59.5 Å². The van der Waals surface area contributed by atoms with E-state index in [9.17, 15) is 37.2 Å². The maximum absolute atomic E-state index is 13.4. The van der Waals surface area contributed by atoms with E-state index < -0.39 is 51.2 Å². The molecule has 3 aliphatic rings. The summed E-state index contributed by atoms with van der Waals surface area (Å²) in [6.45, 7) is 4.39. The average Bonchev–Trinajstić information content (AvgIpc) is 3.74. The second-order valence-electron chi connectivity index (χ2n) is 14.3. The maximum Gasteiger partial charge on any atom is 0.264 e. The highest BCUT2D eigenvalue weighted by Gasteiger charge is 2.45. The highest BCUT2D eigenvalue weighted by molar-refractivity contribution is 7.90. The van der Waals surface area contributed by atoms with Crippen LogP contribution in [0.3, 0.4) is 0 Å². The number of aryl methyl sites for hydroxylation is 1. The number of amides is 6. The van der Waals surface area contributed by atoms with Gasteiger partial charge in [0.2, 0.25) is 11.8 Å². The third-order valence-electron chi connectivity index (χ3n) is 10.4. The fourth-order valence-electron chi connectivity index (χ4n) is 7.45. The van der Waals surface area contributed by atoms with E-state index in [1.165, 1.54) is 18.2 Å². The molecule has 17 heteroatoms. The van der Waals surface area contributed by atoms with E-state index in [2.05, 4.69) is 26.3 Å². The van der Waals surface area contributed by atoms with E-state index >= 15 is 0 Å². The monoisotopic (exact) mass is 844 g/mol. The molecule has 6 amide bonds. The predicted octanol–water partition coefficient (Wildman–Crippen LogP) is 5.82. The van der Waals surface area contributed by atoms with Crippen LogP contribution in [0.1, 0.15) is 91.3 Å². The zero-order chi connectivity index (χ0) is 41.5. The summed E-state index contributed by atoms with van der Waals surface area (Å²) in [5.74, 6) is -3.39. The summed E-state index contributed by atoms with van der Waals surface area (Å²) >= 11 is 12.5. The Morgan fingerprint density at radius 3 is 2.36 bits per heavy atom. The van der Waals surface area contributed by atoms with Crippen molar-refractivity contribution in [3.63, 3.8) is 0 Å². The summed E-state index contributed by atoms with van der Waals surface area (Å²) in [7, 11) is -3.90. The smallest absolute Gasteiger partial charge is 0.264 e. The lowest BCUT2D eigenvalue weighted by atomic mass is 10.0. The van der Waals surface area contributed by atoms with Crippen molar-refractivity contribution in [3.8, 4) is 0 Å². The molecule has 0 saturated carbocycles. The Morgan fingerprint density at radius 1 is 0.897 bits per heavy atom. The summed E-state index contributed by atoms with van der Waals surface area (Å²) < 4.78 is 26.9. The first-order valence-corrected chi connectivity index (χ1v) is 21.0. The number of anilines is 2. The topological polar surface area (TPSA) is 204 Å². The van der Waals surface area contributed by atoms with Crippen LogP contribution in [-0.2, 0) is 30.0 Å². The Labute approximate surface area is 343 Å². The van der Waals surface area contributed by atoms with Gasteiger partial charge in [-0.3, -0.25) is 39.0 Å². The molecule has 0 aliphatic carbocycles. The number of nitrogens with one attached hydrogen (secondary N) is 5. The summed E-state index contributed by atoms with van der Waals surface area (Å²) in [5.41, 5.74) is 4.40. The van der Waals surface area contributed by atoms with Crippen LogP contribution in [-0.4, -0.2) is 72.9 Å². The van der Waals surface area contributed by atoms with Gasteiger partial charge in [0.05, 0.1) is 32.9 Å². The molecule has 1 aromatic heterocycles. The molecule has 300 valence electrons. The number of nitrogens with zero attached hydrogens (tertiary/aromatic N) is 1. The van der Waals surface area contributed by atoms with Gasteiger partial charge in [-0.2, -0.15) is 0 Å². The lowest BCUT2D eigenvalue weighted by Crippen LogP contribution is -2.54. The van der Waals surface area contributed by atoms with Gasteiger partial charge >= 0.3 is 0 Å². The molecule has 3 aliphatic heterocycles. The van der Waals surface area contributed by atoms with E-state index in [1.54, 1.807) is 56.3 Å². The highest BCUT2D eigenvalue weighted by Crippen LogP contribution is 2.37. The molecule has 3 aromatic carbocycles. The van der Waals surface area contributed by atoms with Crippen LogP contribution in [0.2, 0.25) is 10.0 Å². The van der Waals surface area contributed by atoms with Crippen LogP contribution in [0, 0.1) is 13.8 Å². The van der Waals surface area contributed by atoms with Gasteiger partial charge in [-0.05, 0) is 93.6 Å². The minimum absolute atomic E-state index is 0.00610. The number of carbonyl (C=O) groups excluding carboxylic acids is 6. The SMILES string of the molecule is Cc1[nH]c(C=C2C(=O)Nc3ccc(S(=O)(=O)Cc4c(Cl)cccc4Cl)cc32)c(C)c1C(=O)NCCCCCNc1cccc2c1C(=O)N(C1CCC(=O)NC1=O)C2=O. The summed E-state index contributed by atoms with van der Waals surface area (Å²) in [5, 5.41) is 11.6. The molecular formula is C41H38Cl2N6O8S. The largest absolute Gasteiger partial charge is 0.384 e. The molecule has 4 aromatic rings. The van der Waals surface area contributed by atoms with Crippen molar-refractivity contribution in [2.75, 3.05) is 23.7 Å². The minimum atomic E-state index is -3.90. The lowest BCUT2D eigenvalue weighted by Gasteiger charge is -2.27. The first-order chi connectivity index (χ1) is 27.7. The number of benzene rings is 3. The van der Waals surface area contributed by atoms with E-state index in [0.29, 0.717) is 65.4 Å². The van der Waals surface area contributed by atoms with E-state index in [0.717, 1.165) is 11.3 Å². The van der Waals surface area contributed by atoms with Crippen LogP contribution in [0.5, 0.6) is 0 Å². The number of hydrogen-bond donors (Lipinski definition) is 5. The van der Waals surface area contributed by atoms with Gasteiger partial charge in [0.25, 0.3) is 23.6 Å². The lowest BCUT2D eigenvalue weighted by molar-refractivity contribution is -0.136. The number of hydrogen-bond acceptors (Lipinski definition) is 9. The number of piperidine rings is 1. The first-order valence-electron chi connectivity index (χ1n) is 18.5. The number of halogens is 2. The Hall–Kier alpha value is -5.77. The molecule has 5 N–H and O–H groups in total. The summed E-state index contributed by atoms with van der Waals surface area (Å²) in [6.07, 6.45) is 3.80. The van der Waals surface area contributed by atoms with E-state index in [4.69, 9.17) is 23.2 Å². The number of carbonyl (C=O) groups is 6. The van der Waals surface area contributed by atoms with Crippen molar-refractivity contribution in [3.05, 3.63) is 109 Å². The molecular weight excluding hydrogens is 807 g/mol. The van der Waals surface area contributed by atoms with Crippen LogP contribution >= 0.6 is 23.2 Å². The maximum atomic E-state index is 13.4. The summed E-state index contributed by atoms with van der Waals surface area (Å²) in [6, 6.07) is 13.0. The van der Waals surface area contributed by atoms with Crippen molar-refractivity contribution in [1.82, 2.24) is 20.5 Å². The summed E-state index contributed by atoms with van der Waals surface area (Å²) in [4.78, 5) is 81.0. The second kappa shape index (κ2) is 16.2. The van der Waals surface area contributed by atoms with Gasteiger partial charge < -0.3 is 20.9 Å². The Morgan fingerprint density at radius 2 is 1.62 bits per heavy atom. The number of unbranched alkanes of at least 4 members (excludes halogenated alkanes) is 2. The average molecular weight is 846 g/mol.